The Morgan fingerprint density at radius 2 is 1.90 bits per heavy atom. The largest absolute Gasteiger partial charge is 0.334 e. The zero-order valence-corrected chi connectivity index (χ0v) is 16.0. The van der Waals surface area contributed by atoms with Crippen LogP contribution in [0.25, 0.3) is 0 Å². The summed E-state index contributed by atoms with van der Waals surface area (Å²) < 4.78 is 1.86. The molecule has 1 fully saturated rings. The van der Waals surface area contributed by atoms with Crippen LogP contribution in [0.4, 0.5) is 16.2 Å². The SMILES string of the molecule is O=C(NCc1cccc(Cn2cccn2)c1)Nc1ccc(N2CCCC2=O)cc1. The van der Waals surface area contributed by atoms with Crippen LogP contribution in [0.15, 0.2) is 67.0 Å². The van der Waals surface area contributed by atoms with E-state index in [2.05, 4.69) is 21.8 Å². The second-order valence-corrected chi connectivity index (χ2v) is 7.03. The van der Waals surface area contributed by atoms with Crippen molar-refractivity contribution in [2.24, 2.45) is 0 Å². The molecule has 4 rings (SSSR count). The van der Waals surface area contributed by atoms with Crippen LogP contribution in [0.3, 0.4) is 0 Å². The van der Waals surface area contributed by atoms with Crippen LogP contribution in [0, 0.1) is 0 Å². The Hall–Kier alpha value is -3.61. The standard InChI is InChI=1S/C22H23N5O2/c28-21-6-2-13-27(21)20-9-7-19(8-10-20)25-22(29)23-15-17-4-1-5-18(14-17)16-26-12-3-11-24-26/h1,3-5,7-12,14H,2,6,13,15-16H2,(H2,23,25,29). The summed E-state index contributed by atoms with van der Waals surface area (Å²) in [5, 5.41) is 9.91. The molecule has 0 unspecified atom stereocenters. The predicted octanol–water partition coefficient (Wildman–Crippen LogP) is 3.38. The number of benzene rings is 2. The Bertz CT molecular complexity index is 983. The van der Waals surface area contributed by atoms with Gasteiger partial charge < -0.3 is 15.5 Å². The van der Waals surface area contributed by atoms with Gasteiger partial charge in [0, 0.05) is 43.3 Å². The number of carbonyl (C=O) groups excluding carboxylic acids is 2. The highest BCUT2D eigenvalue weighted by Crippen LogP contribution is 2.23. The molecule has 0 radical (unpaired) electrons. The molecule has 148 valence electrons. The number of nitrogens with zero attached hydrogens (tertiary/aromatic N) is 3. The van der Waals surface area contributed by atoms with Gasteiger partial charge in [0.25, 0.3) is 0 Å². The number of hydrogen-bond donors (Lipinski definition) is 2. The minimum Gasteiger partial charge on any atom is -0.334 e. The highest BCUT2D eigenvalue weighted by atomic mass is 16.2. The third-order valence-corrected chi connectivity index (χ3v) is 4.86. The van der Waals surface area contributed by atoms with Crippen molar-refractivity contribution in [3.05, 3.63) is 78.1 Å². The summed E-state index contributed by atoms with van der Waals surface area (Å²) in [5.41, 5.74) is 3.70. The van der Waals surface area contributed by atoms with Gasteiger partial charge in [-0.25, -0.2) is 4.79 Å². The van der Waals surface area contributed by atoms with Crippen LogP contribution in [0.5, 0.6) is 0 Å². The molecule has 0 aliphatic carbocycles. The first-order chi connectivity index (χ1) is 14.2. The number of rotatable bonds is 6. The molecule has 0 spiro atoms. The van der Waals surface area contributed by atoms with Gasteiger partial charge in [-0.3, -0.25) is 9.48 Å². The molecule has 0 bridgehead atoms. The van der Waals surface area contributed by atoms with E-state index < -0.39 is 0 Å². The average Bonchev–Trinajstić information content (AvgIpc) is 3.39. The van der Waals surface area contributed by atoms with Gasteiger partial charge in [-0.1, -0.05) is 24.3 Å². The smallest absolute Gasteiger partial charge is 0.319 e. The number of hydrogen-bond acceptors (Lipinski definition) is 3. The van der Waals surface area contributed by atoms with Crippen molar-refractivity contribution < 1.29 is 9.59 Å². The number of anilines is 2. The first kappa shape index (κ1) is 18.7. The summed E-state index contributed by atoms with van der Waals surface area (Å²) in [6.45, 7) is 1.88. The fraction of sp³-hybridized carbons (Fsp3) is 0.227. The van der Waals surface area contributed by atoms with Crippen LogP contribution in [0.1, 0.15) is 24.0 Å². The summed E-state index contributed by atoms with van der Waals surface area (Å²) >= 11 is 0. The van der Waals surface area contributed by atoms with E-state index in [0.29, 0.717) is 25.2 Å². The Morgan fingerprint density at radius 1 is 1.07 bits per heavy atom. The van der Waals surface area contributed by atoms with E-state index >= 15 is 0 Å². The van der Waals surface area contributed by atoms with E-state index in [1.807, 2.05) is 59.4 Å². The normalized spacial score (nSPS) is 13.5. The van der Waals surface area contributed by atoms with Crippen molar-refractivity contribution >= 4 is 23.3 Å². The van der Waals surface area contributed by atoms with Crippen molar-refractivity contribution in [3.8, 4) is 0 Å². The molecule has 3 amide bonds. The van der Waals surface area contributed by atoms with Gasteiger partial charge in [-0.15, -0.1) is 0 Å². The van der Waals surface area contributed by atoms with Gasteiger partial charge in [-0.05, 0) is 47.9 Å². The van der Waals surface area contributed by atoms with Crippen molar-refractivity contribution in [1.29, 1.82) is 0 Å². The fourth-order valence-electron chi connectivity index (χ4n) is 3.42. The molecule has 7 heteroatoms. The van der Waals surface area contributed by atoms with Gasteiger partial charge >= 0.3 is 6.03 Å². The average molecular weight is 389 g/mol. The second-order valence-electron chi connectivity index (χ2n) is 7.03. The Morgan fingerprint density at radius 3 is 2.62 bits per heavy atom. The second kappa shape index (κ2) is 8.60. The summed E-state index contributed by atoms with van der Waals surface area (Å²) in [4.78, 5) is 25.8. The van der Waals surface area contributed by atoms with E-state index in [9.17, 15) is 9.59 Å². The van der Waals surface area contributed by atoms with Crippen molar-refractivity contribution in [2.45, 2.75) is 25.9 Å². The first-order valence-electron chi connectivity index (χ1n) is 9.68. The molecule has 2 N–H and O–H groups in total. The highest BCUT2D eigenvalue weighted by Gasteiger charge is 2.21. The summed E-state index contributed by atoms with van der Waals surface area (Å²) in [5.74, 6) is 0.151. The lowest BCUT2D eigenvalue weighted by Crippen LogP contribution is -2.28. The van der Waals surface area contributed by atoms with E-state index in [0.717, 1.165) is 29.8 Å². The van der Waals surface area contributed by atoms with Crippen LogP contribution in [0.2, 0.25) is 0 Å². The van der Waals surface area contributed by atoms with Gasteiger partial charge in [0.15, 0.2) is 0 Å². The molecular weight excluding hydrogens is 366 g/mol. The molecule has 7 nitrogen and oxygen atoms in total. The van der Waals surface area contributed by atoms with Crippen LogP contribution in [-0.2, 0) is 17.9 Å². The van der Waals surface area contributed by atoms with Gasteiger partial charge in [-0.2, -0.15) is 5.10 Å². The number of carbonyl (C=O) groups is 2. The lowest BCUT2D eigenvalue weighted by molar-refractivity contribution is -0.117. The third kappa shape index (κ3) is 4.82. The maximum atomic E-state index is 12.2. The lowest BCUT2D eigenvalue weighted by Gasteiger charge is -2.16. The Balaban J connectivity index is 1.29. The summed E-state index contributed by atoms with van der Waals surface area (Å²) in [7, 11) is 0. The molecule has 1 aliphatic rings. The molecule has 2 aromatic carbocycles. The van der Waals surface area contributed by atoms with E-state index in [1.54, 1.807) is 11.1 Å². The zero-order chi connectivity index (χ0) is 20.1. The van der Waals surface area contributed by atoms with Gasteiger partial charge in [0.1, 0.15) is 0 Å². The minimum absolute atomic E-state index is 0.151. The highest BCUT2D eigenvalue weighted by molar-refractivity contribution is 5.96. The lowest BCUT2D eigenvalue weighted by atomic mass is 10.1. The molecule has 0 saturated carbocycles. The third-order valence-electron chi connectivity index (χ3n) is 4.86. The number of urea groups is 1. The number of amides is 3. The van der Waals surface area contributed by atoms with E-state index in [-0.39, 0.29) is 11.9 Å². The first-order valence-corrected chi connectivity index (χ1v) is 9.68. The molecule has 1 aromatic heterocycles. The molecule has 1 aliphatic heterocycles. The Labute approximate surface area is 169 Å². The van der Waals surface area contributed by atoms with Crippen LogP contribution in [-0.4, -0.2) is 28.3 Å². The molecule has 2 heterocycles. The van der Waals surface area contributed by atoms with E-state index in [1.165, 1.54) is 0 Å². The van der Waals surface area contributed by atoms with E-state index in [4.69, 9.17) is 0 Å². The van der Waals surface area contributed by atoms with Crippen LogP contribution < -0.4 is 15.5 Å². The van der Waals surface area contributed by atoms with Crippen molar-refractivity contribution in [2.75, 3.05) is 16.8 Å². The van der Waals surface area contributed by atoms with Crippen molar-refractivity contribution in [3.63, 3.8) is 0 Å². The molecule has 29 heavy (non-hydrogen) atoms. The van der Waals surface area contributed by atoms with Gasteiger partial charge in [0.05, 0.1) is 6.54 Å². The number of nitrogens with one attached hydrogen (secondary N) is 2. The zero-order valence-electron chi connectivity index (χ0n) is 16.0. The Kier molecular flexibility index (Phi) is 5.56. The fourth-order valence-corrected chi connectivity index (χ4v) is 3.42. The summed E-state index contributed by atoms with van der Waals surface area (Å²) in [6.07, 6.45) is 5.17. The van der Waals surface area contributed by atoms with Gasteiger partial charge in [0.2, 0.25) is 5.91 Å². The molecular formula is C22H23N5O2. The minimum atomic E-state index is -0.271. The topological polar surface area (TPSA) is 79.3 Å². The van der Waals surface area contributed by atoms with Crippen molar-refractivity contribution in [1.82, 2.24) is 15.1 Å². The molecule has 1 saturated heterocycles. The quantitative estimate of drug-likeness (QED) is 0.678. The molecule has 0 atom stereocenters. The predicted molar refractivity (Wildman–Crippen MR) is 112 cm³/mol. The number of aromatic nitrogens is 2. The van der Waals surface area contributed by atoms with Crippen LogP contribution >= 0.6 is 0 Å². The summed E-state index contributed by atoms with van der Waals surface area (Å²) in [6, 6.07) is 17.0. The molecule has 3 aromatic rings. The maximum Gasteiger partial charge on any atom is 0.319 e. The monoisotopic (exact) mass is 389 g/mol. The maximum absolute atomic E-state index is 12.2.